The summed E-state index contributed by atoms with van der Waals surface area (Å²) in [6, 6.07) is 25.9. The molecule has 0 atom stereocenters. The van der Waals surface area contributed by atoms with E-state index in [1.165, 1.54) is 11.4 Å². The van der Waals surface area contributed by atoms with Gasteiger partial charge < -0.3 is 19.7 Å². The summed E-state index contributed by atoms with van der Waals surface area (Å²) in [6.07, 6.45) is 0.971. The zero-order valence-electron chi connectivity index (χ0n) is 14.6. The topological polar surface area (TPSA) is 33.7 Å². The number of hydrogen-bond acceptors (Lipinski definition) is 4. The molecular formula is C22H22N2O2. The Balaban J connectivity index is 1.23. The van der Waals surface area contributed by atoms with Crippen LogP contribution in [0.4, 0.5) is 11.4 Å². The Morgan fingerprint density at radius 1 is 0.769 bits per heavy atom. The van der Waals surface area contributed by atoms with Crippen LogP contribution in [0, 0.1) is 0 Å². The molecule has 3 aromatic carbocycles. The number of anilines is 2. The number of hydrogen-bond donors (Lipinski definition) is 1. The van der Waals surface area contributed by atoms with E-state index >= 15 is 0 Å². The predicted molar refractivity (Wildman–Crippen MR) is 105 cm³/mol. The molecule has 1 aliphatic rings. The van der Waals surface area contributed by atoms with Crippen LogP contribution in [-0.4, -0.2) is 19.8 Å². The molecule has 0 amide bonds. The van der Waals surface area contributed by atoms with Crippen LogP contribution in [0.1, 0.15) is 6.42 Å². The van der Waals surface area contributed by atoms with Gasteiger partial charge in [0.2, 0.25) is 0 Å². The van der Waals surface area contributed by atoms with Gasteiger partial charge in [0.1, 0.15) is 17.2 Å². The molecule has 1 N–H and O–H groups in total. The number of benzene rings is 3. The first-order valence-corrected chi connectivity index (χ1v) is 8.92. The summed E-state index contributed by atoms with van der Waals surface area (Å²) in [6.45, 7) is 2.53. The van der Waals surface area contributed by atoms with Gasteiger partial charge in [-0.2, -0.15) is 0 Å². The SMILES string of the molecule is c1ccc(Oc2ccc(OCCCN3CNc4ccccc43)cc2)cc1. The fourth-order valence-electron chi connectivity index (χ4n) is 3.04. The lowest BCUT2D eigenvalue weighted by Crippen LogP contribution is -2.25. The van der Waals surface area contributed by atoms with Crippen LogP contribution in [-0.2, 0) is 0 Å². The number of nitrogens with one attached hydrogen (secondary N) is 1. The molecule has 26 heavy (non-hydrogen) atoms. The molecule has 3 aromatic rings. The predicted octanol–water partition coefficient (Wildman–Crippen LogP) is 5.14. The average molecular weight is 346 g/mol. The molecule has 4 nitrogen and oxygen atoms in total. The standard InChI is InChI=1S/C22H22N2O2/c1-2-7-19(8-3-1)26-20-13-11-18(12-14-20)25-16-6-15-24-17-23-21-9-4-5-10-22(21)24/h1-5,7-14,23H,6,15-17H2. The molecule has 1 heterocycles. The molecule has 0 saturated heterocycles. The summed E-state index contributed by atoms with van der Waals surface area (Å²) < 4.78 is 11.6. The quantitative estimate of drug-likeness (QED) is 0.601. The van der Waals surface area contributed by atoms with Crippen LogP contribution < -0.4 is 19.7 Å². The zero-order valence-corrected chi connectivity index (χ0v) is 14.6. The molecular weight excluding hydrogens is 324 g/mol. The third-order valence-electron chi connectivity index (χ3n) is 4.35. The largest absolute Gasteiger partial charge is 0.494 e. The Morgan fingerprint density at radius 2 is 1.46 bits per heavy atom. The van der Waals surface area contributed by atoms with Crippen molar-refractivity contribution in [3.8, 4) is 17.2 Å². The normalized spacial score (nSPS) is 12.4. The number of rotatable bonds is 7. The van der Waals surface area contributed by atoms with Crippen LogP contribution >= 0.6 is 0 Å². The van der Waals surface area contributed by atoms with Crippen LogP contribution in [0.5, 0.6) is 17.2 Å². The molecule has 0 saturated carbocycles. The van der Waals surface area contributed by atoms with E-state index in [-0.39, 0.29) is 0 Å². The molecule has 4 heteroatoms. The lowest BCUT2D eigenvalue weighted by molar-refractivity contribution is 0.312. The van der Waals surface area contributed by atoms with E-state index in [4.69, 9.17) is 9.47 Å². The molecule has 0 bridgehead atoms. The molecule has 132 valence electrons. The second-order valence-electron chi connectivity index (χ2n) is 6.20. The van der Waals surface area contributed by atoms with Gasteiger partial charge in [-0.3, -0.25) is 0 Å². The molecule has 0 spiro atoms. The number of fused-ring (bicyclic) bond motifs is 1. The Kier molecular flexibility index (Phi) is 4.92. The van der Waals surface area contributed by atoms with Crippen molar-refractivity contribution in [2.45, 2.75) is 6.42 Å². The summed E-state index contributed by atoms with van der Waals surface area (Å²) in [5, 5.41) is 3.41. The minimum absolute atomic E-state index is 0.692. The Morgan fingerprint density at radius 3 is 2.31 bits per heavy atom. The molecule has 0 fully saturated rings. The Labute approximate surface area is 154 Å². The first kappa shape index (κ1) is 16.3. The van der Waals surface area contributed by atoms with E-state index in [1.54, 1.807) is 0 Å². The van der Waals surface area contributed by atoms with Gasteiger partial charge in [-0.25, -0.2) is 0 Å². The summed E-state index contributed by atoms with van der Waals surface area (Å²) in [5.74, 6) is 2.51. The van der Waals surface area contributed by atoms with E-state index in [0.29, 0.717) is 6.61 Å². The first-order valence-electron chi connectivity index (χ1n) is 8.92. The van der Waals surface area contributed by atoms with E-state index in [0.717, 1.165) is 36.9 Å². The van der Waals surface area contributed by atoms with Gasteiger partial charge in [-0.05, 0) is 55.0 Å². The third-order valence-corrected chi connectivity index (χ3v) is 4.35. The van der Waals surface area contributed by atoms with Crippen LogP contribution in [0.15, 0.2) is 78.9 Å². The van der Waals surface area contributed by atoms with Gasteiger partial charge in [0.15, 0.2) is 0 Å². The van der Waals surface area contributed by atoms with Gasteiger partial charge in [0.25, 0.3) is 0 Å². The minimum atomic E-state index is 0.692. The summed E-state index contributed by atoms with van der Waals surface area (Å²) in [7, 11) is 0. The fraction of sp³-hybridized carbons (Fsp3) is 0.182. The molecule has 1 aliphatic heterocycles. The smallest absolute Gasteiger partial charge is 0.127 e. The van der Waals surface area contributed by atoms with Crippen LogP contribution in [0.3, 0.4) is 0 Å². The maximum atomic E-state index is 5.86. The first-order chi connectivity index (χ1) is 12.9. The molecule has 0 unspecified atom stereocenters. The highest BCUT2D eigenvalue weighted by atomic mass is 16.5. The van der Waals surface area contributed by atoms with Crippen molar-refractivity contribution in [3.05, 3.63) is 78.9 Å². The molecule has 0 aromatic heterocycles. The lowest BCUT2D eigenvalue weighted by Gasteiger charge is -2.17. The Hall–Kier alpha value is -3.14. The fourth-order valence-corrected chi connectivity index (χ4v) is 3.04. The van der Waals surface area contributed by atoms with Crippen LogP contribution in [0.2, 0.25) is 0 Å². The maximum absolute atomic E-state index is 5.86. The van der Waals surface area contributed by atoms with E-state index < -0.39 is 0 Å². The highest BCUT2D eigenvalue weighted by molar-refractivity contribution is 5.74. The van der Waals surface area contributed by atoms with Crippen molar-refractivity contribution >= 4 is 11.4 Å². The van der Waals surface area contributed by atoms with Crippen molar-refractivity contribution in [2.24, 2.45) is 0 Å². The maximum Gasteiger partial charge on any atom is 0.127 e. The van der Waals surface area contributed by atoms with Gasteiger partial charge in [-0.1, -0.05) is 30.3 Å². The average Bonchev–Trinajstić information content (AvgIpc) is 3.11. The highest BCUT2D eigenvalue weighted by Crippen LogP contribution is 2.30. The van der Waals surface area contributed by atoms with Gasteiger partial charge in [0.05, 0.1) is 24.7 Å². The van der Waals surface area contributed by atoms with Crippen molar-refractivity contribution in [2.75, 3.05) is 30.0 Å². The van der Waals surface area contributed by atoms with Crippen molar-refractivity contribution < 1.29 is 9.47 Å². The van der Waals surface area contributed by atoms with Crippen molar-refractivity contribution in [1.82, 2.24) is 0 Å². The van der Waals surface area contributed by atoms with Crippen molar-refractivity contribution in [1.29, 1.82) is 0 Å². The van der Waals surface area contributed by atoms with Crippen molar-refractivity contribution in [3.63, 3.8) is 0 Å². The van der Waals surface area contributed by atoms with Gasteiger partial charge in [-0.15, -0.1) is 0 Å². The molecule has 4 rings (SSSR count). The van der Waals surface area contributed by atoms with E-state index in [1.807, 2.05) is 54.6 Å². The second kappa shape index (κ2) is 7.83. The lowest BCUT2D eigenvalue weighted by atomic mass is 10.2. The van der Waals surface area contributed by atoms with E-state index in [2.05, 4.69) is 34.5 Å². The Bertz CT molecular complexity index is 834. The van der Waals surface area contributed by atoms with Gasteiger partial charge >= 0.3 is 0 Å². The number of nitrogens with zero attached hydrogens (tertiary/aromatic N) is 1. The summed E-state index contributed by atoms with van der Waals surface area (Å²) in [5.41, 5.74) is 2.48. The summed E-state index contributed by atoms with van der Waals surface area (Å²) in [4.78, 5) is 2.34. The highest BCUT2D eigenvalue weighted by Gasteiger charge is 2.16. The third kappa shape index (κ3) is 3.91. The van der Waals surface area contributed by atoms with Gasteiger partial charge in [0, 0.05) is 6.54 Å². The van der Waals surface area contributed by atoms with Crippen LogP contribution in [0.25, 0.3) is 0 Å². The number of ether oxygens (including phenoxy) is 2. The zero-order chi connectivity index (χ0) is 17.6. The molecule has 0 radical (unpaired) electrons. The second-order valence-corrected chi connectivity index (χ2v) is 6.20. The molecule has 0 aliphatic carbocycles. The number of para-hydroxylation sites is 3. The van der Waals surface area contributed by atoms with E-state index in [9.17, 15) is 0 Å². The summed E-state index contributed by atoms with van der Waals surface area (Å²) >= 11 is 0. The monoisotopic (exact) mass is 346 g/mol. The minimum Gasteiger partial charge on any atom is -0.494 e.